The standard InChI is InChI=1S/C13H15BrClF3N2.ClH/c14-9-1-2-11(15)10(7-9)12(8-13(16,17)18)20-5-3-19-4-6-20;/h1-2,7,12,19H,3-6,8H2;1H/t12-;/m1./s1. The maximum absolute atomic E-state index is 12.9. The first-order valence-corrected chi connectivity index (χ1v) is 7.50. The molecule has 0 amide bonds. The molecular weight excluding hydrogens is 392 g/mol. The maximum atomic E-state index is 12.9. The van der Waals surface area contributed by atoms with E-state index in [0.29, 0.717) is 36.8 Å². The SMILES string of the molecule is Cl.FC(F)(F)C[C@H](c1cc(Br)ccc1Cl)N1CCNCC1. The van der Waals surface area contributed by atoms with E-state index < -0.39 is 18.6 Å². The number of hydrogen-bond donors (Lipinski definition) is 1. The molecule has 1 heterocycles. The fourth-order valence-corrected chi connectivity index (χ4v) is 3.04. The average Bonchev–Trinajstić information content (AvgIpc) is 2.39. The molecule has 1 atom stereocenters. The van der Waals surface area contributed by atoms with Crippen molar-refractivity contribution in [2.75, 3.05) is 26.2 Å². The number of alkyl halides is 3. The lowest BCUT2D eigenvalue weighted by molar-refractivity contribution is -0.148. The van der Waals surface area contributed by atoms with Crippen LogP contribution in [-0.4, -0.2) is 37.3 Å². The van der Waals surface area contributed by atoms with Gasteiger partial charge in [0.1, 0.15) is 0 Å². The molecule has 0 spiro atoms. The van der Waals surface area contributed by atoms with Crippen molar-refractivity contribution in [3.8, 4) is 0 Å². The second-order valence-electron chi connectivity index (χ2n) is 4.79. The summed E-state index contributed by atoms with van der Waals surface area (Å²) in [5, 5.41) is 3.52. The molecule has 0 aliphatic carbocycles. The molecular formula is C13H16BrCl2F3N2. The molecule has 1 aromatic carbocycles. The van der Waals surface area contributed by atoms with Crippen LogP contribution in [0.15, 0.2) is 22.7 Å². The highest BCUT2D eigenvalue weighted by atomic mass is 79.9. The van der Waals surface area contributed by atoms with E-state index in [1.807, 2.05) is 4.90 Å². The molecule has 0 radical (unpaired) electrons. The summed E-state index contributed by atoms with van der Waals surface area (Å²) in [6.07, 6.45) is -5.11. The Kier molecular flexibility index (Phi) is 7.27. The molecule has 21 heavy (non-hydrogen) atoms. The summed E-state index contributed by atoms with van der Waals surface area (Å²) >= 11 is 9.41. The molecule has 1 aromatic rings. The Balaban J connectivity index is 0.00000220. The summed E-state index contributed by atoms with van der Waals surface area (Å²) in [5.41, 5.74) is 0.528. The summed E-state index contributed by atoms with van der Waals surface area (Å²) in [7, 11) is 0. The molecule has 0 aromatic heterocycles. The Morgan fingerprint density at radius 3 is 2.48 bits per heavy atom. The number of piperazine rings is 1. The van der Waals surface area contributed by atoms with Crippen molar-refractivity contribution in [1.29, 1.82) is 0 Å². The van der Waals surface area contributed by atoms with Crippen LogP contribution in [0.25, 0.3) is 0 Å². The van der Waals surface area contributed by atoms with E-state index in [2.05, 4.69) is 21.2 Å². The van der Waals surface area contributed by atoms with Crippen LogP contribution >= 0.6 is 39.9 Å². The monoisotopic (exact) mass is 406 g/mol. The van der Waals surface area contributed by atoms with Gasteiger partial charge in [-0.05, 0) is 23.8 Å². The summed E-state index contributed by atoms with van der Waals surface area (Å²) in [6.45, 7) is 2.56. The molecule has 120 valence electrons. The molecule has 0 unspecified atom stereocenters. The van der Waals surface area contributed by atoms with Gasteiger partial charge >= 0.3 is 6.18 Å². The largest absolute Gasteiger partial charge is 0.390 e. The molecule has 1 fully saturated rings. The Labute approximate surface area is 141 Å². The third kappa shape index (κ3) is 5.60. The van der Waals surface area contributed by atoms with Gasteiger partial charge in [0.15, 0.2) is 0 Å². The summed E-state index contributed by atoms with van der Waals surface area (Å²) < 4.78 is 39.4. The maximum Gasteiger partial charge on any atom is 0.390 e. The van der Waals surface area contributed by atoms with Crippen molar-refractivity contribution >= 4 is 39.9 Å². The predicted molar refractivity (Wildman–Crippen MR) is 84.3 cm³/mol. The van der Waals surface area contributed by atoms with Crippen LogP contribution in [0.1, 0.15) is 18.0 Å². The second-order valence-corrected chi connectivity index (χ2v) is 6.11. The predicted octanol–water partition coefficient (Wildman–Crippen LogP) is 4.42. The Bertz CT molecular complexity index is 465. The number of rotatable bonds is 3. The van der Waals surface area contributed by atoms with Crippen LogP contribution in [0.4, 0.5) is 13.2 Å². The van der Waals surface area contributed by atoms with Crippen molar-refractivity contribution in [1.82, 2.24) is 10.2 Å². The van der Waals surface area contributed by atoms with Crippen LogP contribution in [-0.2, 0) is 0 Å². The summed E-state index contributed by atoms with van der Waals surface area (Å²) in [6, 6.07) is 4.31. The van der Waals surface area contributed by atoms with Gasteiger partial charge in [-0.25, -0.2) is 0 Å². The van der Waals surface area contributed by atoms with Crippen molar-refractivity contribution < 1.29 is 13.2 Å². The van der Waals surface area contributed by atoms with Gasteiger partial charge in [0.25, 0.3) is 0 Å². The number of hydrogen-bond acceptors (Lipinski definition) is 2. The lowest BCUT2D eigenvalue weighted by Crippen LogP contribution is -2.46. The van der Waals surface area contributed by atoms with E-state index in [4.69, 9.17) is 11.6 Å². The molecule has 8 heteroatoms. The van der Waals surface area contributed by atoms with Gasteiger partial charge in [-0.15, -0.1) is 12.4 Å². The van der Waals surface area contributed by atoms with Crippen LogP contribution in [0, 0.1) is 0 Å². The highest BCUT2D eigenvalue weighted by Gasteiger charge is 2.36. The zero-order valence-corrected chi connectivity index (χ0v) is 14.2. The molecule has 0 bridgehead atoms. The van der Waals surface area contributed by atoms with Crippen LogP contribution in [0.2, 0.25) is 5.02 Å². The number of benzene rings is 1. The highest BCUT2D eigenvalue weighted by molar-refractivity contribution is 9.10. The molecule has 0 saturated carbocycles. The van der Waals surface area contributed by atoms with E-state index >= 15 is 0 Å². The zero-order chi connectivity index (χ0) is 14.8. The number of nitrogens with zero attached hydrogens (tertiary/aromatic N) is 1. The van der Waals surface area contributed by atoms with Crippen LogP contribution in [0.5, 0.6) is 0 Å². The summed E-state index contributed by atoms with van der Waals surface area (Å²) in [4.78, 5) is 1.84. The third-order valence-corrected chi connectivity index (χ3v) is 4.17. The first kappa shape index (κ1) is 19.0. The molecule has 2 rings (SSSR count). The van der Waals surface area contributed by atoms with Crippen molar-refractivity contribution in [3.63, 3.8) is 0 Å². The van der Waals surface area contributed by atoms with Gasteiger partial charge in [-0.3, -0.25) is 4.90 Å². The Morgan fingerprint density at radius 1 is 1.29 bits per heavy atom. The van der Waals surface area contributed by atoms with E-state index in [0.717, 1.165) is 4.47 Å². The number of nitrogens with one attached hydrogen (secondary N) is 1. The minimum atomic E-state index is -4.22. The Morgan fingerprint density at radius 2 is 1.90 bits per heavy atom. The zero-order valence-electron chi connectivity index (χ0n) is 11.1. The van der Waals surface area contributed by atoms with Crippen molar-refractivity contribution in [2.24, 2.45) is 0 Å². The van der Waals surface area contributed by atoms with Crippen molar-refractivity contribution in [2.45, 2.75) is 18.6 Å². The van der Waals surface area contributed by atoms with Gasteiger partial charge in [-0.1, -0.05) is 27.5 Å². The molecule has 2 nitrogen and oxygen atoms in total. The number of halogens is 6. The van der Waals surface area contributed by atoms with Gasteiger partial charge < -0.3 is 5.32 Å². The van der Waals surface area contributed by atoms with Gasteiger partial charge in [-0.2, -0.15) is 13.2 Å². The van der Waals surface area contributed by atoms with E-state index in [1.165, 1.54) is 0 Å². The average molecular weight is 408 g/mol. The van der Waals surface area contributed by atoms with Gasteiger partial charge in [0.2, 0.25) is 0 Å². The topological polar surface area (TPSA) is 15.3 Å². The van der Waals surface area contributed by atoms with Gasteiger partial charge in [0, 0.05) is 41.7 Å². The minimum Gasteiger partial charge on any atom is -0.314 e. The van der Waals surface area contributed by atoms with E-state index in [-0.39, 0.29) is 12.4 Å². The third-order valence-electron chi connectivity index (χ3n) is 3.33. The Hall–Kier alpha value is -0.0100. The lowest BCUT2D eigenvalue weighted by Gasteiger charge is -2.36. The quantitative estimate of drug-likeness (QED) is 0.797. The fraction of sp³-hybridized carbons (Fsp3) is 0.538. The highest BCUT2D eigenvalue weighted by Crippen LogP contribution is 2.38. The fourth-order valence-electron chi connectivity index (χ4n) is 2.42. The van der Waals surface area contributed by atoms with E-state index in [9.17, 15) is 13.2 Å². The smallest absolute Gasteiger partial charge is 0.314 e. The van der Waals surface area contributed by atoms with Crippen LogP contribution in [0.3, 0.4) is 0 Å². The van der Waals surface area contributed by atoms with E-state index in [1.54, 1.807) is 18.2 Å². The first-order valence-electron chi connectivity index (χ1n) is 6.33. The normalized spacial score (nSPS) is 18.1. The minimum absolute atomic E-state index is 0. The molecule has 1 aliphatic rings. The second kappa shape index (κ2) is 8.02. The summed E-state index contributed by atoms with van der Waals surface area (Å²) in [5.74, 6) is 0. The molecule has 1 aliphatic heterocycles. The van der Waals surface area contributed by atoms with Gasteiger partial charge in [0.05, 0.1) is 6.42 Å². The van der Waals surface area contributed by atoms with Crippen LogP contribution < -0.4 is 5.32 Å². The van der Waals surface area contributed by atoms with Crippen molar-refractivity contribution in [3.05, 3.63) is 33.3 Å². The molecule has 1 N–H and O–H groups in total. The lowest BCUT2D eigenvalue weighted by atomic mass is 10.0. The first-order chi connectivity index (χ1) is 9.37. The molecule has 1 saturated heterocycles.